The van der Waals surface area contributed by atoms with Gasteiger partial charge >= 0.3 is 0 Å². The van der Waals surface area contributed by atoms with Crippen molar-refractivity contribution in [2.75, 3.05) is 6.61 Å². The maximum Gasteiger partial charge on any atom is 0.292 e. The molecule has 136 valence electrons. The van der Waals surface area contributed by atoms with Gasteiger partial charge in [0.15, 0.2) is 0 Å². The summed E-state index contributed by atoms with van der Waals surface area (Å²) in [6.07, 6.45) is 4.26. The van der Waals surface area contributed by atoms with Gasteiger partial charge in [0.05, 0.1) is 17.6 Å². The lowest BCUT2D eigenvalue weighted by Gasteiger charge is -2.15. The molecule has 0 amide bonds. The summed E-state index contributed by atoms with van der Waals surface area (Å²) in [6.45, 7) is 2.67. The molecule has 1 heterocycles. The average molecular weight is 374 g/mol. The molecule has 1 unspecified atom stereocenters. The fourth-order valence-electron chi connectivity index (χ4n) is 2.65. The quantitative estimate of drug-likeness (QED) is 0.259. The van der Waals surface area contributed by atoms with Crippen LogP contribution in [0.1, 0.15) is 49.8 Å². The third-order valence-corrected chi connectivity index (χ3v) is 4.16. The molecule has 6 nitrogen and oxygen atoms in total. The second-order valence-electron chi connectivity index (χ2n) is 5.80. The maximum atomic E-state index is 11.3. The van der Waals surface area contributed by atoms with E-state index in [-0.39, 0.29) is 16.5 Å². The number of pyridine rings is 1. The number of aromatic nitrogens is 1. The molecule has 0 N–H and O–H groups in total. The van der Waals surface area contributed by atoms with E-state index >= 15 is 0 Å². The van der Waals surface area contributed by atoms with Crippen molar-refractivity contribution in [2.45, 2.75) is 38.5 Å². The first kappa shape index (κ1) is 19.7. The molecular formula is C19H20ClN3O3. The topological polar surface area (TPSA) is 89.0 Å². The summed E-state index contributed by atoms with van der Waals surface area (Å²) in [5.41, 5.74) is 0.328. The van der Waals surface area contributed by atoms with Gasteiger partial charge < -0.3 is 4.74 Å². The van der Waals surface area contributed by atoms with Gasteiger partial charge in [-0.3, -0.25) is 10.1 Å². The van der Waals surface area contributed by atoms with Crippen LogP contribution >= 0.6 is 11.6 Å². The summed E-state index contributed by atoms with van der Waals surface area (Å²) in [5.74, 6) is -0.410. The maximum absolute atomic E-state index is 11.3. The van der Waals surface area contributed by atoms with Crippen LogP contribution in [0.5, 0.6) is 5.75 Å². The lowest BCUT2D eigenvalue weighted by molar-refractivity contribution is -0.386. The second-order valence-corrected chi connectivity index (χ2v) is 6.19. The third-order valence-electron chi connectivity index (χ3n) is 3.95. The van der Waals surface area contributed by atoms with E-state index in [0.29, 0.717) is 17.9 Å². The summed E-state index contributed by atoms with van der Waals surface area (Å²) < 4.78 is 5.84. The van der Waals surface area contributed by atoms with Gasteiger partial charge in [-0.25, -0.2) is 4.98 Å². The normalized spacial score (nSPS) is 11.6. The first-order valence-electron chi connectivity index (χ1n) is 8.50. The monoisotopic (exact) mass is 373 g/mol. The van der Waals surface area contributed by atoms with Gasteiger partial charge in [-0.15, -0.1) is 0 Å². The first-order valence-corrected chi connectivity index (χ1v) is 8.88. The molecule has 0 fully saturated rings. The number of para-hydroxylation sites is 1. The summed E-state index contributed by atoms with van der Waals surface area (Å²) in [5, 5.41) is 21.1. The summed E-state index contributed by atoms with van der Waals surface area (Å²) in [6, 6.07) is 11.8. The standard InChI is InChI=1S/C19H20ClN3O3/c1-2-3-4-7-12-26-17-9-6-5-8-14(17)15(13-21)19-16(23(24)25)10-11-18(20)22-19/h5-6,8-11,15H,2-4,7,12H2,1H3. The lowest BCUT2D eigenvalue weighted by Crippen LogP contribution is -2.08. The molecular weight excluding hydrogens is 354 g/mol. The van der Waals surface area contributed by atoms with Crippen LogP contribution in [0, 0.1) is 21.4 Å². The number of hydrogen-bond acceptors (Lipinski definition) is 5. The molecule has 0 saturated carbocycles. The zero-order chi connectivity index (χ0) is 18.9. The van der Waals surface area contributed by atoms with Crippen molar-refractivity contribution in [1.29, 1.82) is 5.26 Å². The number of halogens is 1. The minimum absolute atomic E-state index is 0.0204. The number of benzene rings is 1. The van der Waals surface area contributed by atoms with Crippen LogP contribution in [-0.2, 0) is 0 Å². The van der Waals surface area contributed by atoms with Gasteiger partial charge in [0, 0.05) is 11.6 Å². The third kappa shape index (κ3) is 4.93. The first-order chi connectivity index (χ1) is 12.6. The molecule has 0 aliphatic heterocycles. The fourth-order valence-corrected chi connectivity index (χ4v) is 2.80. The zero-order valence-electron chi connectivity index (χ0n) is 14.5. The Labute approximate surface area is 157 Å². The Hall–Kier alpha value is -2.65. The van der Waals surface area contributed by atoms with E-state index in [2.05, 4.69) is 18.0 Å². The largest absolute Gasteiger partial charge is 0.493 e. The van der Waals surface area contributed by atoms with Gasteiger partial charge in [0.1, 0.15) is 22.5 Å². The van der Waals surface area contributed by atoms with Crippen molar-refractivity contribution < 1.29 is 9.66 Å². The molecule has 2 aromatic rings. The molecule has 0 radical (unpaired) electrons. The van der Waals surface area contributed by atoms with Crippen LogP contribution in [0.25, 0.3) is 0 Å². The number of hydrogen-bond donors (Lipinski definition) is 0. The van der Waals surface area contributed by atoms with Gasteiger partial charge in [-0.2, -0.15) is 5.26 Å². The Bertz CT molecular complexity index is 805. The van der Waals surface area contributed by atoms with E-state index in [0.717, 1.165) is 25.7 Å². The molecule has 0 bridgehead atoms. The Morgan fingerprint density at radius 1 is 1.27 bits per heavy atom. The van der Waals surface area contributed by atoms with Crippen molar-refractivity contribution in [3.63, 3.8) is 0 Å². The molecule has 0 saturated heterocycles. The number of ether oxygens (including phenoxy) is 1. The van der Waals surface area contributed by atoms with E-state index in [4.69, 9.17) is 16.3 Å². The number of nitro groups is 1. The smallest absolute Gasteiger partial charge is 0.292 e. The number of nitrogens with zero attached hydrogens (tertiary/aromatic N) is 3. The van der Waals surface area contributed by atoms with Gasteiger partial charge in [-0.1, -0.05) is 56.0 Å². The van der Waals surface area contributed by atoms with Crippen molar-refractivity contribution in [2.24, 2.45) is 0 Å². The summed E-state index contributed by atoms with van der Waals surface area (Å²) in [7, 11) is 0. The highest BCUT2D eigenvalue weighted by atomic mass is 35.5. The number of nitriles is 1. The van der Waals surface area contributed by atoms with E-state index < -0.39 is 10.8 Å². The van der Waals surface area contributed by atoms with Crippen LogP contribution < -0.4 is 4.74 Å². The van der Waals surface area contributed by atoms with Gasteiger partial charge in [0.25, 0.3) is 5.69 Å². The Morgan fingerprint density at radius 2 is 2.04 bits per heavy atom. The molecule has 1 atom stereocenters. The zero-order valence-corrected chi connectivity index (χ0v) is 15.3. The van der Waals surface area contributed by atoms with E-state index in [1.807, 2.05) is 0 Å². The van der Waals surface area contributed by atoms with Crippen LogP contribution in [0.2, 0.25) is 5.15 Å². The average Bonchev–Trinajstić information content (AvgIpc) is 2.63. The highest BCUT2D eigenvalue weighted by molar-refractivity contribution is 6.29. The van der Waals surface area contributed by atoms with Crippen molar-refractivity contribution in [1.82, 2.24) is 4.98 Å². The predicted molar refractivity (Wildman–Crippen MR) is 99.4 cm³/mol. The second kappa shape index (κ2) is 9.73. The molecule has 7 heteroatoms. The molecule has 0 spiro atoms. The van der Waals surface area contributed by atoms with Gasteiger partial charge in [-0.05, 0) is 18.6 Å². The molecule has 1 aromatic heterocycles. The molecule has 26 heavy (non-hydrogen) atoms. The highest BCUT2D eigenvalue weighted by Gasteiger charge is 2.28. The minimum atomic E-state index is -0.944. The highest BCUT2D eigenvalue weighted by Crippen LogP contribution is 2.35. The summed E-state index contributed by atoms with van der Waals surface area (Å²) in [4.78, 5) is 14.8. The molecule has 0 aliphatic carbocycles. The van der Waals surface area contributed by atoms with Crippen molar-refractivity contribution in [3.8, 4) is 11.8 Å². The predicted octanol–water partition coefficient (Wildman–Crippen LogP) is 5.26. The van der Waals surface area contributed by atoms with Crippen LogP contribution in [0.4, 0.5) is 5.69 Å². The molecule has 2 rings (SSSR count). The Balaban J connectivity index is 2.33. The SMILES string of the molecule is CCCCCCOc1ccccc1C(C#N)c1nc(Cl)ccc1[N+](=O)[O-]. The van der Waals surface area contributed by atoms with Crippen LogP contribution in [-0.4, -0.2) is 16.5 Å². The van der Waals surface area contributed by atoms with E-state index in [1.54, 1.807) is 24.3 Å². The minimum Gasteiger partial charge on any atom is -0.493 e. The van der Waals surface area contributed by atoms with Crippen molar-refractivity contribution >= 4 is 17.3 Å². The lowest BCUT2D eigenvalue weighted by atomic mass is 9.94. The van der Waals surface area contributed by atoms with Gasteiger partial charge in [0.2, 0.25) is 0 Å². The number of rotatable bonds is 9. The van der Waals surface area contributed by atoms with E-state index in [1.165, 1.54) is 12.1 Å². The van der Waals surface area contributed by atoms with Crippen LogP contribution in [0.3, 0.4) is 0 Å². The Morgan fingerprint density at radius 3 is 2.73 bits per heavy atom. The van der Waals surface area contributed by atoms with E-state index in [9.17, 15) is 15.4 Å². The van der Waals surface area contributed by atoms with Crippen LogP contribution in [0.15, 0.2) is 36.4 Å². The fraction of sp³-hybridized carbons (Fsp3) is 0.368. The molecule has 1 aromatic carbocycles. The van der Waals surface area contributed by atoms with Crippen molar-refractivity contribution in [3.05, 3.63) is 62.9 Å². The molecule has 0 aliphatic rings. The number of unbranched alkanes of at least 4 members (excludes halogenated alkanes) is 3. The Kier molecular flexibility index (Phi) is 7.37. The summed E-state index contributed by atoms with van der Waals surface area (Å²) >= 11 is 5.91.